The van der Waals surface area contributed by atoms with Crippen molar-refractivity contribution in [2.24, 2.45) is 0 Å². The van der Waals surface area contributed by atoms with E-state index in [1.165, 1.54) is 36.8 Å². The van der Waals surface area contributed by atoms with Crippen LogP contribution in [0, 0.1) is 0 Å². The number of hydrogen-bond acceptors (Lipinski definition) is 5. The molecule has 8 heteroatoms. The first kappa shape index (κ1) is 22.5. The Balaban J connectivity index is 1.56. The fourth-order valence-electron chi connectivity index (χ4n) is 4.83. The highest BCUT2D eigenvalue weighted by Crippen LogP contribution is 2.27. The monoisotopic (exact) mass is 446 g/mol. The average Bonchev–Trinajstić information content (AvgIpc) is 3.19. The zero-order chi connectivity index (χ0) is 21.8. The molecule has 1 aromatic carbocycles. The summed E-state index contributed by atoms with van der Waals surface area (Å²) in [4.78, 5) is 15.8. The van der Waals surface area contributed by atoms with Gasteiger partial charge in [-0.3, -0.25) is 4.79 Å². The smallest absolute Gasteiger partial charge is 0.255 e. The molecule has 4 rings (SSSR count). The number of rotatable bonds is 9. The van der Waals surface area contributed by atoms with E-state index in [-0.39, 0.29) is 5.56 Å². The van der Waals surface area contributed by atoms with E-state index in [9.17, 15) is 13.2 Å². The summed E-state index contributed by atoms with van der Waals surface area (Å²) < 4.78 is 26.9. The van der Waals surface area contributed by atoms with Crippen molar-refractivity contribution >= 4 is 20.9 Å². The van der Waals surface area contributed by atoms with Crippen LogP contribution in [0.5, 0.6) is 0 Å². The number of sulfonamides is 1. The molecule has 7 nitrogen and oxygen atoms in total. The van der Waals surface area contributed by atoms with Crippen LogP contribution in [0.4, 0.5) is 0 Å². The zero-order valence-corrected chi connectivity index (χ0v) is 19.3. The molecule has 0 amide bonds. The number of nitrogens with one attached hydrogen (secondary N) is 2. The minimum atomic E-state index is -3.20. The second-order valence-corrected chi connectivity index (χ2v) is 10.7. The maximum atomic E-state index is 13.4. The Bertz CT molecular complexity index is 1090. The lowest BCUT2D eigenvalue weighted by Gasteiger charge is -2.27. The molecule has 31 heavy (non-hydrogen) atoms. The number of piperidine rings is 1. The third-order valence-electron chi connectivity index (χ3n) is 6.45. The van der Waals surface area contributed by atoms with Crippen LogP contribution in [0.25, 0.3) is 10.9 Å². The van der Waals surface area contributed by atoms with Crippen LogP contribution in [-0.4, -0.2) is 56.9 Å². The van der Waals surface area contributed by atoms with Crippen LogP contribution in [0.2, 0.25) is 0 Å². The van der Waals surface area contributed by atoms with Gasteiger partial charge in [-0.2, -0.15) is 0 Å². The maximum absolute atomic E-state index is 13.4. The van der Waals surface area contributed by atoms with E-state index in [1.807, 2.05) is 10.6 Å². The highest BCUT2D eigenvalue weighted by Gasteiger charge is 2.17. The summed E-state index contributed by atoms with van der Waals surface area (Å²) in [5.41, 5.74) is 4.64. The number of fused-ring (bicyclic) bond motifs is 2. The zero-order valence-electron chi connectivity index (χ0n) is 18.5. The summed E-state index contributed by atoms with van der Waals surface area (Å²) in [7, 11) is -3.20. The molecule has 0 unspecified atom stereocenters. The summed E-state index contributed by atoms with van der Waals surface area (Å²) >= 11 is 0. The summed E-state index contributed by atoms with van der Waals surface area (Å²) in [6.07, 6.45) is 8.34. The molecule has 170 valence electrons. The van der Waals surface area contributed by atoms with Gasteiger partial charge in [0.1, 0.15) is 0 Å². The fourth-order valence-corrected chi connectivity index (χ4v) is 5.31. The highest BCUT2D eigenvalue weighted by atomic mass is 32.2. The Hall–Kier alpha value is -1.74. The summed E-state index contributed by atoms with van der Waals surface area (Å²) in [6.45, 7) is 5.07. The summed E-state index contributed by atoms with van der Waals surface area (Å²) in [6, 6.07) is 6.52. The quantitative estimate of drug-likeness (QED) is 0.572. The minimum absolute atomic E-state index is 0.0611. The summed E-state index contributed by atoms with van der Waals surface area (Å²) in [5, 5.41) is 4.34. The maximum Gasteiger partial charge on any atom is 0.255 e. The lowest BCUT2D eigenvalue weighted by Crippen LogP contribution is -2.36. The first-order chi connectivity index (χ1) is 14.9. The van der Waals surface area contributed by atoms with E-state index in [0.29, 0.717) is 26.2 Å². The Morgan fingerprint density at radius 2 is 1.68 bits per heavy atom. The van der Waals surface area contributed by atoms with E-state index in [2.05, 4.69) is 27.1 Å². The third kappa shape index (κ3) is 5.74. The molecule has 2 aliphatic rings. The molecule has 1 aliphatic carbocycles. The molecule has 1 saturated heterocycles. The molecular formula is C23H34N4O3S. The van der Waals surface area contributed by atoms with Crippen molar-refractivity contribution in [2.45, 2.75) is 51.6 Å². The Morgan fingerprint density at radius 1 is 0.935 bits per heavy atom. The molecule has 1 fully saturated rings. The lowest BCUT2D eigenvalue weighted by atomic mass is 10.0. The Labute approximate surface area is 184 Å². The van der Waals surface area contributed by atoms with Gasteiger partial charge in [0.2, 0.25) is 10.0 Å². The van der Waals surface area contributed by atoms with Crippen molar-refractivity contribution in [3.05, 3.63) is 45.2 Å². The molecule has 0 radical (unpaired) electrons. The van der Waals surface area contributed by atoms with Gasteiger partial charge >= 0.3 is 0 Å². The van der Waals surface area contributed by atoms with Crippen LogP contribution >= 0.6 is 0 Å². The van der Waals surface area contributed by atoms with E-state index < -0.39 is 10.0 Å². The van der Waals surface area contributed by atoms with Gasteiger partial charge in [-0.15, -0.1) is 0 Å². The van der Waals surface area contributed by atoms with E-state index in [4.69, 9.17) is 0 Å². The number of nitrogens with zero attached hydrogens (tertiary/aromatic N) is 2. The van der Waals surface area contributed by atoms with Gasteiger partial charge in [-0.25, -0.2) is 13.1 Å². The van der Waals surface area contributed by atoms with E-state index >= 15 is 0 Å². The molecule has 1 aliphatic heterocycles. The number of benzene rings is 1. The van der Waals surface area contributed by atoms with Crippen LogP contribution in [0.3, 0.4) is 0 Å². The van der Waals surface area contributed by atoms with Gasteiger partial charge in [0.05, 0.1) is 11.8 Å². The normalized spacial score (nSPS) is 17.3. The number of aryl methyl sites for hydroxylation is 2. The average molecular weight is 447 g/mol. The molecule has 0 bridgehead atoms. The topological polar surface area (TPSA) is 83.4 Å². The van der Waals surface area contributed by atoms with Crippen LogP contribution in [0.15, 0.2) is 23.0 Å². The van der Waals surface area contributed by atoms with Crippen LogP contribution in [0.1, 0.15) is 42.4 Å². The molecular weight excluding hydrogens is 412 g/mol. The highest BCUT2D eigenvalue weighted by molar-refractivity contribution is 7.88. The van der Waals surface area contributed by atoms with Crippen molar-refractivity contribution < 1.29 is 8.42 Å². The first-order valence-corrected chi connectivity index (χ1v) is 13.4. The van der Waals surface area contributed by atoms with Crippen LogP contribution < -0.4 is 15.6 Å². The molecule has 1 aromatic heterocycles. The van der Waals surface area contributed by atoms with Crippen molar-refractivity contribution in [1.82, 2.24) is 19.5 Å². The Morgan fingerprint density at radius 3 is 2.42 bits per heavy atom. The number of aromatic nitrogens is 1. The van der Waals surface area contributed by atoms with E-state index in [0.717, 1.165) is 55.2 Å². The molecule has 2 N–H and O–H groups in total. The predicted octanol–water partition coefficient (Wildman–Crippen LogP) is 1.61. The van der Waals surface area contributed by atoms with Crippen molar-refractivity contribution in [2.75, 3.05) is 39.0 Å². The van der Waals surface area contributed by atoms with Gasteiger partial charge in [-0.1, -0.05) is 6.42 Å². The molecule has 0 spiro atoms. The van der Waals surface area contributed by atoms with Crippen molar-refractivity contribution in [1.29, 1.82) is 0 Å². The molecule has 2 aromatic rings. The lowest BCUT2D eigenvalue weighted by molar-refractivity contribution is 0.221. The fraction of sp³-hybridized carbons (Fsp3) is 0.609. The molecule has 2 heterocycles. The van der Waals surface area contributed by atoms with Crippen molar-refractivity contribution in [3.63, 3.8) is 0 Å². The van der Waals surface area contributed by atoms with Gasteiger partial charge < -0.3 is 14.8 Å². The standard InChI is InChI=1S/C23H34N4O3S/c1-31(29,30)25-9-8-24-17-21-15-20-14-18-6-5-7-19(18)16-22(20)27(23(21)28)13-12-26-10-3-2-4-11-26/h14-16,24-25H,2-13,17H2,1H3. The van der Waals surface area contributed by atoms with Crippen LogP contribution in [-0.2, 0) is 36.0 Å². The first-order valence-electron chi connectivity index (χ1n) is 11.5. The predicted molar refractivity (Wildman–Crippen MR) is 125 cm³/mol. The Kier molecular flexibility index (Phi) is 7.11. The van der Waals surface area contributed by atoms with Gasteiger partial charge in [-0.05, 0) is 79.9 Å². The minimum Gasteiger partial charge on any atom is -0.311 e. The number of likely N-dealkylation sites (tertiary alicyclic amines) is 1. The van der Waals surface area contributed by atoms with E-state index in [1.54, 1.807) is 0 Å². The number of hydrogen-bond donors (Lipinski definition) is 2. The third-order valence-corrected chi connectivity index (χ3v) is 7.18. The summed E-state index contributed by atoms with van der Waals surface area (Å²) in [5.74, 6) is 0. The number of pyridine rings is 1. The van der Waals surface area contributed by atoms with Gasteiger partial charge in [0, 0.05) is 38.3 Å². The van der Waals surface area contributed by atoms with Crippen molar-refractivity contribution in [3.8, 4) is 0 Å². The second kappa shape index (κ2) is 9.81. The van der Waals surface area contributed by atoms with Gasteiger partial charge in [0.25, 0.3) is 5.56 Å². The molecule has 0 saturated carbocycles. The molecule has 0 atom stereocenters. The second-order valence-electron chi connectivity index (χ2n) is 8.91. The largest absolute Gasteiger partial charge is 0.311 e. The van der Waals surface area contributed by atoms with Gasteiger partial charge in [0.15, 0.2) is 0 Å². The SMILES string of the molecule is CS(=O)(=O)NCCNCc1cc2cc3c(cc2n(CCN2CCCCC2)c1=O)CCC3.